The van der Waals surface area contributed by atoms with E-state index in [9.17, 15) is 0 Å². The van der Waals surface area contributed by atoms with Crippen LogP contribution in [0.25, 0.3) is 11.5 Å². The Labute approximate surface area is 99.5 Å². The van der Waals surface area contributed by atoms with E-state index in [1.807, 2.05) is 32.2 Å². The lowest BCUT2D eigenvalue weighted by Crippen LogP contribution is -2.04. The first-order chi connectivity index (χ1) is 7.69. The van der Waals surface area contributed by atoms with Crippen LogP contribution in [0, 0.1) is 6.92 Å². The van der Waals surface area contributed by atoms with Crippen LogP contribution >= 0.6 is 11.6 Å². The Balaban J connectivity index is 2.34. The fourth-order valence-corrected chi connectivity index (χ4v) is 1.85. The molecule has 0 saturated heterocycles. The summed E-state index contributed by atoms with van der Waals surface area (Å²) in [6, 6.07) is 5.76. The third kappa shape index (κ3) is 2.43. The smallest absolute Gasteiger partial charge is 0.226 e. The zero-order valence-electron chi connectivity index (χ0n) is 9.25. The maximum absolute atomic E-state index is 5.99. The van der Waals surface area contributed by atoms with Crippen molar-refractivity contribution in [1.29, 1.82) is 0 Å². The van der Waals surface area contributed by atoms with Gasteiger partial charge in [-0.05, 0) is 37.7 Å². The van der Waals surface area contributed by atoms with Gasteiger partial charge in [0.2, 0.25) is 5.89 Å². The minimum Gasteiger partial charge on any atom is -0.444 e. The van der Waals surface area contributed by atoms with Gasteiger partial charge in [0.25, 0.3) is 0 Å². The highest BCUT2D eigenvalue weighted by molar-refractivity contribution is 6.30. The van der Waals surface area contributed by atoms with Crippen molar-refractivity contribution in [2.45, 2.75) is 13.5 Å². The Bertz CT molecular complexity index is 473. The Morgan fingerprint density at radius 1 is 1.38 bits per heavy atom. The predicted molar refractivity (Wildman–Crippen MR) is 64.4 cm³/mol. The van der Waals surface area contributed by atoms with Crippen molar-refractivity contribution in [3.8, 4) is 11.5 Å². The quantitative estimate of drug-likeness (QED) is 0.890. The molecule has 0 amide bonds. The maximum atomic E-state index is 5.99. The first kappa shape index (κ1) is 11.2. The zero-order chi connectivity index (χ0) is 11.5. The zero-order valence-corrected chi connectivity index (χ0v) is 10.0. The van der Waals surface area contributed by atoms with Gasteiger partial charge in [-0.1, -0.05) is 11.6 Å². The molecule has 2 rings (SSSR count). The van der Waals surface area contributed by atoms with Crippen LogP contribution in [0.4, 0.5) is 0 Å². The second-order valence-electron chi connectivity index (χ2n) is 3.69. The number of halogens is 1. The molecule has 0 unspecified atom stereocenters. The van der Waals surface area contributed by atoms with E-state index in [0.717, 1.165) is 16.8 Å². The van der Waals surface area contributed by atoms with Crippen LogP contribution < -0.4 is 5.32 Å². The first-order valence-corrected chi connectivity index (χ1v) is 5.43. The molecule has 0 saturated carbocycles. The Morgan fingerprint density at radius 2 is 2.19 bits per heavy atom. The van der Waals surface area contributed by atoms with E-state index in [2.05, 4.69) is 10.3 Å². The standard InChI is InChI=1S/C12H13ClN2O/c1-8-3-9(5-10(13)4-8)12-15-11(6-14-2)7-16-12/h3-5,7,14H,6H2,1-2H3. The summed E-state index contributed by atoms with van der Waals surface area (Å²) >= 11 is 5.99. The molecule has 84 valence electrons. The van der Waals surface area contributed by atoms with Crippen molar-refractivity contribution in [3.63, 3.8) is 0 Å². The lowest BCUT2D eigenvalue weighted by Gasteiger charge is -1.99. The molecular weight excluding hydrogens is 224 g/mol. The number of hydrogen-bond acceptors (Lipinski definition) is 3. The summed E-state index contributed by atoms with van der Waals surface area (Å²) < 4.78 is 5.40. The maximum Gasteiger partial charge on any atom is 0.226 e. The third-order valence-electron chi connectivity index (χ3n) is 2.20. The average molecular weight is 237 g/mol. The van der Waals surface area contributed by atoms with Crippen LogP contribution in [-0.2, 0) is 6.54 Å². The van der Waals surface area contributed by atoms with Gasteiger partial charge in [0.15, 0.2) is 0 Å². The van der Waals surface area contributed by atoms with Crippen molar-refractivity contribution in [1.82, 2.24) is 10.3 Å². The molecule has 3 nitrogen and oxygen atoms in total. The van der Waals surface area contributed by atoms with Crippen molar-refractivity contribution in [3.05, 3.63) is 40.7 Å². The van der Waals surface area contributed by atoms with Crippen LogP contribution in [-0.4, -0.2) is 12.0 Å². The second-order valence-corrected chi connectivity index (χ2v) is 4.13. The number of benzene rings is 1. The molecule has 0 aliphatic carbocycles. The van der Waals surface area contributed by atoms with Crippen molar-refractivity contribution >= 4 is 11.6 Å². The molecule has 1 heterocycles. The molecule has 0 aliphatic rings. The van der Waals surface area contributed by atoms with Crippen molar-refractivity contribution < 1.29 is 4.42 Å². The lowest BCUT2D eigenvalue weighted by molar-refractivity contribution is 0.571. The van der Waals surface area contributed by atoms with Gasteiger partial charge >= 0.3 is 0 Å². The van der Waals surface area contributed by atoms with E-state index >= 15 is 0 Å². The molecule has 1 N–H and O–H groups in total. The highest BCUT2D eigenvalue weighted by Gasteiger charge is 2.07. The minimum atomic E-state index is 0.607. The Morgan fingerprint density at radius 3 is 2.88 bits per heavy atom. The fraction of sp³-hybridized carbons (Fsp3) is 0.250. The number of aromatic nitrogens is 1. The Hall–Kier alpha value is -1.32. The number of rotatable bonds is 3. The average Bonchev–Trinajstić information content (AvgIpc) is 2.65. The van der Waals surface area contributed by atoms with Crippen molar-refractivity contribution in [2.24, 2.45) is 0 Å². The Kier molecular flexibility index (Phi) is 3.27. The van der Waals surface area contributed by atoms with Gasteiger partial charge in [-0.3, -0.25) is 0 Å². The molecule has 0 radical (unpaired) electrons. The summed E-state index contributed by atoms with van der Waals surface area (Å²) in [6.07, 6.45) is 1.65. The number of hydrogen-bond donors (Lipinski definition) is 1. The summed E-state index contributed by atoms with van der Waals surface area (Å²) in [5.41, 5.74) is 2.89. The van der Waals surface area contributed by atoms with E-state index in [-0.39, 0.29) is 0 Å². The molecule has 1 aromatic heterocycles. The number of nitrogens with one attached hydrogen (secondary N) is 1. The molecule has 0 atom stereocenters. The normalized spacial score (nSPS) is 10.7. The fourth-order valence-electron chi connectivity index (χ4n) is 1.56. The van der Waals surface area contributed by atoms with Crippen LogP contribution in [0.5, 0.6) is 0 Å². The summed E-state index contributed by atoms with van der Waals surface area (Å²) in [4.78, 5) is 4.36. The summed E-state index contributed by atoms with van der Waals surface area (Å²) in [7, 11) is 1.87. The molecular formula is C12H13ClN2O. The van der Waals surface area contributed by atoms with E-state index in [1.54, 1.807) is 6.26 Å². The molecule has 0 bridgehead atoms. The highest BCUT2D eigenvalue weighted by Crippen LogP contribution is 2.24. The monoisotopic (exact) mass is 236 g/mol. The second kappa shape index (κ2) is 4.68. The van der Waals surface area contributed by atoms with E-state index in [4.69, 9.17) is 16.0 Å². The lowest BCUT2D eigenvalue weighted by atomic mass is 10.1. The summed E-state index contributed by atoms with van der Waals surface area (Å²) in [5, 5.41) is 3.72. The largest absolute Gasteiger partial charge is 0.444 e. The minimum absolute atomic E-state index is 0.607. The summed E-state index contributed by atoms with van der Waals surface area (Å²) in [6.45, 7) is 2.69. The van der Waals surface area contributed by atoms with Gasteiger partial charge in [0.05, 0.1) is 5.69 Å². The predicted octanol–water partition coefficient (Wildman–Crippen LogP) is 3.02. The van der Waals surface area contributed by atoms with Crippen LogP contribution in [0.1, 0.15) is 11.3 Å². The molecule has 0 spiro atoms. The summed E-state index contributed by atoms with van der Waals surface area (Å²) in [5.74, 6) is 0.607. The van der Waals surface area contributed by atoms with Crippen LogP contribution in [0.2, 0.25) is 5.02 Å². The van der Waals surface area contributed by atoms with Gasteiger partial charge in [-0.15, -0.1) is 0 Å². The molecule has 4 heteroatoms. The number of oxazole rings is 1. The highest BCUT2D eigenvalue weighted by atomic mass is 35.5. The van der Waals surface area contributed by atoms with Crippen LogP contribution in [0.15, 0.2) is 28.9 Å². The van der Waals surface area contributed by atoms with E-state index in [1.165, 1.54) is 0 Å². The van der Waals surface area contributed by atoms with Gasteiger partial charge in [-0.25, -0.2) is 4.98 Å². The van der Waals surface area contributed by atoms with Crippen LogP contribution in [0.3, 0.4) is 0 Å². The van der Waals surface area contributed by atoms with E-state index < -0.39 is 0 Å². The molecule has 0 fully saturated rings. The van der Waals surface area contributed by atoms with Crippen molar-refractivity contribution in [2.75, 3.05) is 7.05 Å². The topological polar surface area (TPSA) is 38.1 Å². The van der Waals surface area contributed by atoms with Gasteiger partial charge < -0.3 is 9.73 Å². The third-order valence-corrected chi connectivity index (χ3v) is 2.42. The number of aryl methyl sites for hydroxylation is 1. The molecule has 16 heavy (non-hydrogen) atoms. The molecule has 0 aliphatic heterocycles. The van der Waals surface area contributed by atoms with Gasteiger partial charge in [0, 0.05) is 17.1 Å². The molecule has 2 aromatic rings. The van der Waals surface area contributed by atoms with Gasteiger partial charge in [0.1, 0.15) is 6.26 Å². The SMILES string of the molecule is CNCc1coc(-c2cc(C)cc(Cl)c2)n1. The molecule has 1 aromatic carbocycles. The van der Waals surface area contributed by atoms with Gasteiger partial charge in [-0.2, -0.15) is 0 Å². The number of nitrogens with zero attached hydrogens (tertiary/aromatic N) is 1. The van der Waals surface area contributed by atoms with E-state index in [0.29, 0.717) is 17.5 Å². The first-order valence-electron chi connectivity index (χ1n) is 5.05.